The van der Waals surface area contributed by atoms with Crippen molar-refractivity contribution in [3.63, 3.8) is 0 Å². The van der Waals surface area contributed by atoms with Crippen LogP contribution in [0, 0.1) is 19.8 Å². The summed E-state index contributed by atoms with van der Waals surface area (Å²) in [6.45, 7) is 7.91. The second-order valence-corrected chi connectivity index (χ2v) is 11.0. The number of esters is 1. The molecule has 0 saturated carbocycles. The summed E-state index contributed by atoms with van der Waals surface area (Å²) < 4.78 is 5.51. The molecule has 0 aliphatic heterocycles. The van der Waals surface area contributed by atoms with Gasteiger partial charge >= 0.3 is 5.97 Å². The lowest BCUT2D eigenvalue weighted by Gasteiger charge is -2.26. The minimum absolute atomic E-state index is 0.164. The number of hydrogen-bond acceptors (Lipinski definition) is 3. The lowest BCUT2D eigenvalue weighted by atomic mass is 9.86. The molecule has 0 saturated heterocycles. The molecule has 5 rings (SSSR count). The predicted octanol–water partition coefficient (Wildman–Crippen LogP) is 9.71. The van der Waals surface area contributed by atoms with Gasteiger partial charge in [-0.25, -0.2) is 0 Å². The lowest BCUT2D eigenvalue weighted by molar-refractivity contribution is -0.137. The molecule has 5 aromatic carbocycles. The summed E-state index contributed by atoms with van der Waals surface area (Å²) in [5, 5.41) is 0. The Labute approximate surface area is 244 Å². The van der Waals surface area contributed by atoms with Crippen LogP contribution in [0.3, 0.4) is 0 Å². The zero-order chi connectivity index (χ0) is 28.8. The zero-order valence-electron chi connectivity index (χ0n) is 24.2. The van der Waals surface area contributed by atoms with Crippen molar-refractivity contribution in [1.29, 1.82) is 0 Å². The molecule has 0 bridgehead atoms. The largest absolute Gasteiger partial charge is 0.426 e. The summed E-state index contributed by atoms with van der Waals surface area (Å²) in [5.74, 6) is 0.364. The van der Waals surface area contributed by atoms with E-state index in [0.29, 0.717) is 5.75 Å². The summed E-state index contributed by atoms with van der Waals surface area (Å²) >= 11 is 0. The highest BCUT2D eigenvalue weighted by Gasteiger charge is 2.18. The number of ether oxygens (including phenoxy) is 1. The van der Waals surface area contributed by atoms with E-state index in [9.17, 15) is 4.79 Å². The third-order valence-corrected chi connectivity index (χ3v) is 7.39. The van der Waals surface area contributed by atoms with E-state index in [-0.39, 0.29) is 17.8 Å². The first-order valence-electron chi connectivity index (χ1n) is 14.3. The van der Waals surface area contributed by atoms with E-state index in [1.54, 1.807) is 0 Å². The van der Waals surface area contributed by atoms with Gasteiger partial charge in [-0.1, -0.05) is 104 Å². The summed E-state index contributed by atoms with van der Waals surface area (Å²) in [5.41, 5.74) is 9.56. The molecule has 0 fully saturated rings. The number of aryl methyl sites for hydroxylation is 2. The molecule has 206 valence electrons. The van der Waals surface area contributed by atoms with Crippen LogP contribution in [0.15, 0.2) is 127 Å². The van der Waals surface area contributed by atoms with Gasteiger partial charge in [-0.05, 0) is 85.5 Å². The van der Waals surface area contributed by atoms with Crippen LogP contribution in [0.2, 0.25) is 0 Å². The molecule has 0 aromatic heterocycles. The number of nitrogens with zero attached hydrogens (tertiary/aromatic N) is 1. The Hall–Kier alpha value is -4.63. The van der Waals surface area contributed by atoms with Gasteiger partial charge in [-0.2, -0.15) is 0 Å². The van der Waals surface area contributed by atoms with E-state index in [0.717, 1.165) is 23.5 Å². The Balaban J connectivity index is 1.43. The number of anilines is 3. The molecule has 0 aliphatic carbocycles. The van der Waals surface area contributed by atoms with Crippen LogP contribution in [0.25, 0.3) is 0 Å². The number of rotatable bonds is 9. The first-order valence-corrected chi connectivity index (χ1v) is 14.3. The summed E-state index contributed by atoms with van der Waals surface area (Å²) in [7, 11) is 0. The Bertz CT molecular complexity index is 1510. The van der Waals surface area contributed by atoms with Crippen molar-refractivity contribution in [2.24, 2.45) is 5.92 Å². The average molecular weight is 540 g/mol. The molecular weight excluding hydrogens is 502 g/mol. The molecule has 1 atom stereocenters. The normalized spacial score (nSPS) is 11.7. The van der Waals surface area contributed by atoms with Gasteiger partial charge in [0.1, 0.15) is 5.75 Å². The number of hydrogen-bond donors (Lipinski definition) is 0. The lowest BCUT2D eigenvalue weighted by Crippen LogP contribution is -2.14. The molecule has 1 unspecified atom stereocenters. The minimum Gasteiger partial charge on any atom is -0.426 e. The van der Waals surface area contributed by atoms with Gasteiger partial charge in [0.05, 0.1) is 5.92 Å². The maximum Gasteiger partial charge on any atom is 0.313 e. The standard InChI is InChI=1S/C38H37NO2/c1-27(2)38(40)41-36-24-16-32(17-25-36)37(31-8-6-5-7-9-31)26-30-14-22-35(23-15-30)39(33-18-10-28(3)11-19-33)34-20-12-29(4)13-21-34/h5-25,27,37H,26H2,1-4H3. The number of carbonyl (C=O) groups is 1. The Morgan fingerprint density at radius 2 is 1.07 bits per heavy atom. The molecule has 3 nitrogen and oxygen atoms in total. The number of benzene rings is 5. The van der Waals surface area contributed by atoms with Gasteiger partial charge in [0.15, 0.2) is 0 Å². The van der Waals surface area contributed by atoms with Crippen LogP contribution in [-0.2, 0) is 11.2 Å². The Morgan fingerprint density at radius 1 is 0.610 bits per heavy atom. The molecule has 3 heteroatoms. The monoisotopic (exact) mass is 539 g/mol. The van der Waals surface area contributed by atoms with E-state index in [2.05, 4.69) is 134 Å². The molecule has 0 aliphatic rings. The molecule has 0 N–H and O–H groups in total. The predicted molar refractivity (Wildman–Crippen MR) is 170 cm³/mol. The van der Waals surface area contributed by atoms with Gasteiger partial charge in [0.25, 0.3) is 0 Å². The summed E-state index contributed by atoms with van der Waals surface area (Å²) in [6, 6.07) is 44.8. The molecule has 0 radical (unpaired) electrons. The maximum atomic E-state index is 12.1. The first kappa shape index (κ1) is 27.9. The fourth-order valence-corrected chi connectivity index (χ4v) is 4.97. The van der Waals surface area contributed by atoms with Crippen LogP contribution < -0.4 is 9.64 Å². The van der Waals surface area contributed by atoms with Crippen molar-refractivity contribution < 1.29 is 9.53 Å². The Kier molecular flexibility index (Phi) is 8.64. The van der Waals surface area contributed by atoms with E-state index in [1.165, 1.54) is 27.8 Å². The summed E-state index contributed by atoms with van der Waals surface area (Å²) in [6.07, 6.45) is 0.852. The minimum atomic E-state index is -0.220. The molecule has 41 heavy (non-hydrogen) atoms. The van der Waals surface area contributed by atoms with Crippen LogP contribution in [0.5, 0.6) is 5.75 Å². The summed E-state index contributed by atoms with van der Waals surface area (Å²) in [4.78, 5) is 14.4. The second kappa shape index (κ2) is 12.7. The average Bonchev–Trinajstić information content (AvgIpc) is 2.99. The van der Waals surface area contributed by atoms with Gasteiger partial charge in [-0.3, -0.25) is 4.79 Å². The van der Waals surface area contributed by atoms with E-state index in [1.807, 2.05) is 26.0 Å². The van der Waals surface area contributed by atoms with E-state index in [4.69, 9.17) is 4.74 Å². The molecule has 0 heterocycles. The molecule has 0 spiro atoms. The SMILES string of the molecule is Cc1ccc(N(c2ccc(C)cc2)c2ccc(CC(c3ccccc3)c3ccc(OC(=O)C(C)C)cc3)cc2)cc1. The third kappa shape index (κ3) is 6.93. The van der Waals surface area contributed by atoms with Gasteiger partial charge in [0.2, 0.25) is 0 Å². The molecule has 5 aromatic rings. The highest BCUT2D eigenvalue weighted by molar-refractivity contribution is 5.77. The highest BCUT2D eigenvalue weighted by Crippen LogP contribution is 2.36. The van der Waals surface area contributed by atoms with Gasteiger partial charge in [-0.15, -0.1) is 0 Å². The van der Waals surface area contributed by atoms with Crippen molar-refractivity contribution >= 4 is 23.0 Å². The number of carbonyl (C=O) groups excluding carboxylic acids is 1. The fraction of sp³-hybridized carbons (Fsp3) is 0.184. The van der Waals surface area contributed by atoms with Crippen LogP contribution in [-0.4, -0.2) is 5.97 Å². The van der Waals surface area contributed by atoms with Crippen LogP contribution >= 0.6 is 0 Å². The van der Waals surface area contributed by atoms with Crippen molar-refractivity contribution in [1.82, 2.24) is 0 Å². The topological polar surface area (TPSA) is 29.5 Å². The third-order valence-electron chi connectivity index (χ3n) is 7.39. The van der Waals surface area contributed by atoms with Crippen molar-refractivity contribution in [2.45, 2.75) is 40.0 Å². The van der Waals surface area contributed by atoms with E-state index < -0.39 is 0 Å². The fourth-order valence-electron chi connectivity index (χ4n) is 4.97. The maximum absolute atomic E-state index is 12.1. The zero-order valence-corrected chi connectivity index (χ0v) is 24.2. The van der Waals surface area contributed by atoms with Gasteiger partial charge in [0, 0.05) is 23.0 Å². The second-order valence-electron chi connectivity index (χ2n) is 11.0. The Morgan fingerprint density at radius 3 is 1.56 bits per heavy atom. The molecule has 0 amide bonds. The van der Waals surface area contributed by atoms with E-state index >= 15 is 0 Å². The van der Waals surface area contributed by atoms with Crippen molar-refractivity contribution in [3.05, 3.63) is 155 Å². The van der Waals surface area contributed by atoms with Crippen molar-refractivity contribution in [2.75, 3.05) is 4.90 Å². The molecular formula is C38H37NO2. The van der Waals surface area contributed by atoms with Crippen molar-refractivity contribution in [3.8, 4) is 5.75 Å². The van der Waals surface area contributed by atoms with Gasteiger partial charge < -0.3 is 9.64 Å². The first-order chi connectivity index (χ1) is 19.9. The quantitative estimate of drug-likeness (QED) is 0.138. The van der Waals surface area contributed by atoms with Crippen LogP contribution in [0.1, 0.15) is 47.6 Å². The highest BCUT2D eigenvalue weighted by atomic mass is 16.5. The van der Waals surface area contributed by atoms with Crippen LogP contribution in [0.4, 0.5) is 17.1 Å². The smallest absolute Gasteiger partial charge is 0.313 e.